The number of aromatic nitrogens is 2. The van der Waals surface area contributed by atoms with E-state index in [0.29, 0.717) is 6.42 Å². The second-order valence-electron chi connectivity index (χ2n) is 7.28. The van der Waals surface area contributed by atoms with E-state index in [1.54, 1.807) is 19.1 Å². The first kappa shape index (κ1) is 22.0. The zero-order valence-electron chi connectivity index (χ0n) is 17.7. The fraction of sp³-hybridized carbons (Fsp3) is 0.381. The Bertz CT molecular complexity index is 1130. The number of carbonyl (C=O) groups excluding carboxylic acids is 3. The van der Waals surface area contributed by atoms with E-state index in [9.17, 15) is 24.0 Å². The minimum Gasteiger partial charge on any atom is -0.383 e. The average Bonchev–Trinajstić information content (AvgIpc) is 3.00. The van der Waals surface area contributed by atoms with Gasteiger partial charge in [-0.2, -0.15) is 0 Å². The van der Waals surface area contributed by atoms with Gasteiger partial charge in [0.15, 0.2) is 5.69 Å². The van der Waals surface area contributed by atoms with Crippen molar-refractivity contribution < 1.29 is 14.4 Å². The van der Waals surface area contributed by atoms with Crippen molar-refractivity contribution in [2.45, 2.75) is 46.2 Å². The number of carbonyl (C=O) groups is 3. The van der Waals surface area contributed by atoms with Crippen molar-refractivity contribution in [1.82, 2.24) is 14.5 Å². The van der Waals surface area contributed by atoms with Crippen LogP contribution in [0.1, 0.15) is 54.3 Å². The number of nitrogen functional groups attached to an aromatic ring is 1. The normalized spacial score (nSPS) is 14.0. The first-order chi connectivity index (χ1) is 14.7. The van der Waals surface area contributed by atoms with Gasteiger partial charge in [-0.15, -0.1) is 0 Å². The van der Waals surface area contributed by atoms with Crippen molar-refractivity contribution in [2.75, 3.05) is 17.2 Å². The highest BCUT2D eigenvalue weighted by atomic mass is 16.2. The highest BCUT2D eigenvalue weighted by Gasteiger charge is 2.42. The second-order valence-corrected chi connectivity index (χ2v) is 7.28. The molecule has 1 aliphatic rings. The summed E-state index contributed by atoms with van der Waals surface area (Å²) in [6.45, 7) is 5.33. The number of fused-ring (bicyclic) bond motifs is 1. The Hall–Kier alpha value is -3.69. The van der Waals surface area contributed by atoms with Crippen LogP contribution in [0, 0.1) is 0 Å². The summed E-state index contributed by atoms with van der Waals surface area (Å²) in [7, 11) is 0. The number of nitrogens with two attached hydrogens (primary N) is 1. The van der Waals surface area contributed by atoms with Crippen molar-refractivity contribution >= 4 is 29.2 Å². The summed E-state index contributed by atoms with van der Waals surface area (Å²) in [5.74, 6) is -1.94. The number of imide groups is 1. The number of hydrogen-bond acceptors (Lipinski definition) is 6. The van der Waals surface area contributed by atoms with Crippen LogP contribution in [-0.2, 0) is 11.3 Å². The number of hydrogen-bond donors (Lipinski definition) is 2. The van der Waals surface area contributed by atoms with Crippen molar-refractivity contribution in [1.29, 1.82) is 0 Å². The zero-order chi connectivity index (χ0) is 22.9. The topological polar surface area (TPSA) is 139 Å². The van der Waals surface area contributed by atoms with E-state index in [1.165, 1.54) is 23.6 Å². The molecule has 0 fully saturated rings. The molecule has 0 radical (unpaired) electrons. The molecule has 164 valence electrons. The largest absolute Gasteiger partial charge is 0.383 e. The maximum atomic E-state index is 13.3. The van der Waals surface area contributed by atoms with Crippen LogP contribution in [0.3, 0.4) is 0 Å². The van der Waals surface area contributed by atoms with Crippen LogP contribution < -0.4 is 21.9 Å². The van der Waals surface area contributed by atoms with Crippen LogP contribution in [0.4, 0.5) is 11.5 Å². The summed E-state index contributed by atoms with van der Waals surface area (Å²) in [6.07, 6.45) is 1.45. The van der Waals surface area contributed by atoms with Crippen molar-refractivity contribution in [3.05, 3.63) is 56.2 Å². The number of amides is 3. The Morgan fingerprint density at radius 3 is 2.19 bits per heavy atom. The molecule has 0 saturated carbocycles. The number of unbranched alkanes of at least 4 members (excludes halogenated alkanes) is 1. The summed E-state index contributed by atoms with van der Waals surface area (Å²) in [4.78, 5) is 67.7. The number of nitrogens with one attached hydrogen (secondary N) is 1. The van der Waals surface area contributed by atoms with E-state index in [2.05, 4.69) is 4.98 Å². The van der Waals surface area contributed by atoms with Gasteiger partial charge >= 0.3 is 5.69 Å². The number of benzene rings is 1. The Balaban J connectivity index is 2.00. The quantitative estimate of drug-likeness (QED) is 0.631. The van der Waals surface area contributed by atoms with Gasteiger partial charge in [0.1, 0.15) is 11.9 Å². The third-order valence-electron chi connectivity index (χ3n) is 5.37. The summed E-state index contributed by atoms with van der Waals surface area (Å²) in [5, 5.41) is 0. The SMILES string of the molecule is CCCCn1c(N)c(N(CC)C(=O)C(C)N2C(=O)c3ccccc3C2=O)c(=O)[nH]c1=O. The molecule has 1 atom stereocenters. The monoisotopic (exact) mass is 427 g/mol. The molecule has 0 bridgehead atoms. The number of H-pyrrole nitrogens is 1. The molecule has 3 N–H and O–H groups in total. The first-order valence-corrected chi connectivity index (χ1v) is 10.1. The van der Waals surface area contributed by atoms with Crippen molar-refractivity contribution in [2.24, 2.45) is 0 Å². The molecule has 1 aromatic carbocycles. The molecule has 3 amide bonds. The summed E-state index contributed by atoms with van der Waals surface area (Å²) >= 11 is 0. The highest BCUT2D eigenvalue weighted by Crippen LogP contribution is 2.26. The molecular weight excluding hydrogens is 402 g/mol. The highest BCUT2D eigenvalue weighted by molar-refractivity contribution is 6.23. The van der Waals surface area contributed by atoms with Crippen LogP contribution in [-0.4, -0.2) is 44.8 Å². The van der Waals surface area contributed by atoms with E-state index < -0.39 is 35.0 Å². The molecule has 1 unspecified atom stereocenters. The molecular formula is C21H25N5O5. The Morgan fingerprint density at radius 1 is 1.10 bits per heavy atom. The molecule has 10 nitrogen and oxygen atoms in total. The van der Waals surface area contributed by atoms with E-state index in [0.717, 1.165) is 16.2 Å². The predicted octanol–water partition coefficient (Wildman–Crippen LogP) is 0.957. The van der Waals surface area contributed by atoms with Crippen LogP contribution in [0.5, 0.6) is 0 Å². The molecule has 3 rings (SSSR count). The van der Waals surface area contributed by atoms with Gasteiger partial charge in [0.25, 0.3) is 17.4 Å². The standard InChI is InChI=1S/C21H25N5O5/c1-4-6-11-25-16(22)15(17(27)23-21(25)31)24(5-2)18(28)12(3)26-19(29)13-9-7-8-10-14(13)20(26)30/h7-10,12H,4-6,11,22H2,1-3H3,(H,23,27,31). The zero-order valence-corrected chi connectivity index (χ0v) is 17.7. The fourth-order valence-corrected chi connectivity index (χ4v) is 3.70. The van der Waals surface area contributed by atoms with E-state index in [4.69, 9.17) is 5.73 Å². The number of aromatic amines is 1. The lowest BCUT2D eigenvalue weighted by Gasteiger charge is -2.29. The Morgan fingerprint density at radius 2 is 1.68 bits per heavy atom. The predicted molar refractivity (Wildman–Crippen MR) is 115 cm³/mol. The van der Waals surface area contributed by atoms with Gasteiger partial charge in [-0.05, 0) is 32.4 Å². The Kier molecular flexibility index (Phi) is 6.09. The third kappa shape index (κ3) is 3.65. The number of anilines is 2. The molecule has 0 aliphatic carbocycles. The minimum absolute atomic E-state index is 0.0472. The summed E-state index contributed by atoms with van der Waals surface area (Å²) in [5.41, 5.74) is 4.93. The molecule has 0 saturated heterocycles. The molecule has 0 spiro atoms. The molecule has 2 heterocycles. The molecule has 2 aromatic rings. The van der Waals surface area contributed by atoms with Gasteiger partial charge in [-0.25, -0.2) is 4.79 Å². The van der Waals surface area contributed by atoms with E-state index in [1.807, 2.05) is 6.92 Å². The number of likely N-dealkylation sites (N-methyl/N-ethyl adjacent to an activating group) is 1. The lowest BCUT2D eigenvalue weighted by atomic mass is 10.1. The molecule has 31 heavy (non-hydrogen) atoms. The number of nitrogens with zero attached hydrogens (tertiary/aromatic N) is 3. The van der Waals surface area contributed by atoms with E-state index in [-0.39, 0.29) is 35.7 Å². The third-order valence-corrected chi connectivity index (χ3v) is 5.37. The van der Waals surface area contributed by atoms with Gasteiger partial charge < -0.3 is 10.6 Å². The van der Waals surface area contributed by atoms with Crippen LogP contribution in [0.15, 0.2) is 33.9 Å². The molecule has 1 aromatic heterocycles. The molecule has 10 heteroatoms. The van der Waals surface area contributed by atoms with Gasteiger partial charge in [0.05, 0.1) is 11.1 Å². The molecule has 1 aliphatic heterocycles. The van der Waals surface area contributed by atoms with Gasteiger partial charge in [-0.3, -0.25) is 33.6 Å². The minimum atomic E-state index is -1.18. The summed E-state index contributed by atoms with van der Waals surface area (Å²) in [6, 6.07) is 5.14. The van der Waals surface area contributed by atoms with E-state index >= 15 is 0 Å². The number of rotatable bonds is 7. The maximum absolute atomic E-state index is 13.3. The maximum Gasteiger partial charge on any atom is 0.330 e. The van der Waals surface area contributed by atoms with Crippen molar-refractivity contribution in [3.8, 4) is 0 Å². The van der Waals surface area contributed by atoms with Crippen molar-refractivity contribution in [3.63, 3.8) is 0 Å². The first-order valence-electron chi connectivity index (χ1n) is 10.1. The van der Waals surface area contributed by atoms with Gasteiger partial charge in [0, 0.05) is 13.1 Å². The fourth-order valence-electron chi connectivity index (χ4n) is 3.70. The lowest BCUT2D eigenvalue weighted by molar-refractivity contribution is -0.121. The van der Waals surface area contributed by atoms with Gasteiger partial charge in [-0.1, -0.05) is 25.5 Å². The smallest absolute Gasteiger partial charge is 0.330 e. The Labute approximate surface area is 178 Å². The second kappa shape index (κ2) is 8.58. The van der Waals surface area contributed by atoms with Crippen LogP contribution in [0.25, 0.3) is 0 Å². The summed E-state index contributed by atoms with van der Waals surface area (Å²) < 4.78 is 1.21. The lowest BCUT2D eigenvalue weighted by Crippen LogP contribution is -2.51. The van der Waals surface area contributed by atoms with Crippen LogP contribution in [0.2, 0.25) is 0 Å². The van der Waals surface area contributed by atoms with Crippen LogP contribution >= 0.6 is 0 Å². The average molecular weight is 427 g/mol. The van der Waals surface area contributed by atoms with Gasteiger partial charge in [0.2, 0.25) is 5.91 Å².